The van der Waals surface area contributed by atoms with E-state index in [-0.39, 0.29) is 31.6 Å². The summed E-state index contributed by atoms with van der Waals surface area (Å²) in [5.41, 5.74) is 2.91. The Morgan fingerprint density at radius 1 is 1.09 bits per heavy atom. The number of amides is 1. The zero-order chi connectivity index (χ0) is 22.5. The van der Waals surface area contributed by atoms with Crippen LogP contribution in [-0.4, -0.2) is 29.8 Å². The third-order valence-corrected chi connectivity index (χ3v) is 6.21. The highest BCUT2D eigenvalue weighted by Gasteiger charge is 2.16. The third-order valence-electron chi connectivity index (χ3n) is 5.17. The largest absolute Gasteiger partial charge is 0.465 e. The van der Waals surface area contributed by atoms with E-state index in [1.54, 1.807) is 23.6 Å². The first-order chi connectivity index (χ1) is 15.6. The van der Waals surface area contributed by atoms with E-state index in [4.69, 9.17) is 14.2 Å². The van der Waals surface area contributed by atoms with Crippen LogP contribution in [0.5, 0.6) is 11.5 Å². The van der Waals surface area contributed by atoms with Crippen LogP contribution in [-0.2, 0) is 33.7 Å². The first-order valence-corrected chi connectivity index (χ1v) is 11.6. The van der Waals surface area contributed by atoms with Gasteiger partial charge in [-0.1, -0.05) is 36.8 Å². The van der Waals surface area contributed by atoms with Crippen molar-refractivity contribution in [2.75, 3.05) is 13.4 Å². The highest BCUT2D eigenvalue weighted by Crippen LogP contribution is 2.32. The van der Waals surface area contributed by atoms with Gasteiger partial charge in [-0.2, -0.15) is 4.99 Å². The number of aryl methyl sites for hydroxylation is 1. The Bertz CT molecular complexity index is 1210. The normalized spacial score (nSPS) is 13.0. The van der Waals surface area contributed by atoms with Crippen LogP contribution in [0.3, 0.4) is 0 Å². The lowest BCUT2D eigenvalue weighted by Crippen LogP contribution is -2.23. The number of nitrogens with zero attached hydrogens (tertiary/aromatic N) is 2. The number of unbranched alkanes of at least 4 members (excludes halogenated alkanes) is 1. The zero-order valence-electron chi connectivity index (χ0n) is 18.3. The van der Waals surface area contributed by atoms with Gasteiger partial charge in [-0.3, -0.25) is 9.59 Å². The summed E-state index contributed by atoms with van der Waals surface area (Å²) >= 11 is 1.41. The minimum atomic E-state index is -0.355. The molecule has 0 unspecified atom stereocenters. The molecule has 0 saturated heterocycles. The molecule has 0 atom stereocenters. The molecule has 2 aromatic carbocycles. The number of benzene rings is 2. The maximum atomic E-state index is 12.8. The molecule has 8 heteroatoms. The number of thiazole rings is 1. The lowest BCUT2D eigenvalue weighted by atomic mass is 10.1. The predicted octanol–water partition coefficient (Wildman–Crippen LogP) is 4.01. The van der Waals surface area contributed by atoms with E-state index in [9.17, 15) is 9.59 Å². The minimum Gasteiger partial charge on any atom is -0.465 e. The number of fused-ring (bicyclic) bond motifs is 2. The Balaban J connectivity index is 1.65. The van der Waals surface area contributed by atoms with Crippen LogP contribution >= 0.6 is 11.3 Å². The zero-order valence-corrected chi connectivity index (χ0v) is 19.1. The van der Waals surface area contributed by atoms with Gasteiger partial charge in [-0.05, 0) is 55.2 Å². The van der Waals surface area contributed by atoms with Gasteiger partial charge in [0.05, 0.1) is 23.2 Å². The van der Waals surface area contributed by atoms with Crippen LogP contribution in [0.4, 0.5) is 0 Å². The van der Waals surface area contributed by atoms with Crippen molar-refractivity contribution in [1.29, 1.82) is 0 Å². The molecule has 2 heterocycles. The smallest absolute Gasteiger partial charge is 0.326 e. The summed E-state index contributed by atoms with van der Waals surface area (Å²) in [6.45, 7) is 4.44. The van der Waals surface area contributed by atoms with E-state index in [2.05, 4.69) is 24.0 Å². The van der Waals surface area contributed by atoms with E-state index in [0.717, 1.165) is 35.0 Å². The molecule has 0 radical (unpaired) electrons. The molecule has 1 amide bonds. The number of esters is 1. The molecule has 168 valence electrons. The van der Waals surface area contributed by atoms with E-state index in [0.29, 0.717) is 22.9 Å². The maximum Gasteiger partial charge on any atom is 0.326 e. The second kappa shape index (κ2) is 9.99. The number of hydrogen-bond acceptors (Lipinski definition) is 6. The van der Waals surface area contributed by atoms with Crippen molar-refractivity contribution in [3.8, 4) is 11.5 Å². The summed E-state index contributed by atoms with van der Waals surface area (Å²) in [5, 5.41) is 0. The Labute approximate surface area is 190 Å². The van der Waals surface area contributed by atoms with E-state index in [1.807, 2.05) is 12.1 Å². The van der Waals surface area contributed by atoms with Gasteiger partial charge in [0.25, 0.3) is 5.91 Å². The summed E-state index contributed by atoms with van der Waals surface area (Å²) in [6, 6.07) is 11.6. The Morgan fingerprint density at radius 3 is 2.72 bits per heavy atom. The molecule has 1 aromatic heterocycles. The van der Waals surface area contributed by atoms with Crippen molar-refractivity contribution in [1.82, 2.24) is 4.57 Å². The van der Waals surface area contributed by atoms with Crippen molar-refractivity contribution in [2.45, 2.75) is 46.1 Å². The molecule has 0 fully saturated rings. The van der Waals surface area contributed by atoms with Crippen molar-refractivity contribution < 1.29 is 23.8 Å². The van der Waals surface area contributed by atoms with Crippen LogP contribution in [0.15, 0.2) is 41.4 Å². The van der Waals surface area contributed by atoms with Crippen molar-refractivity contribution in [3.05, 3.63) is 52.3 Å². The molecule has 0 saturated carbocycles. The standard InChI is InChI=1S/C24H26N2O5S/c1-3-5-6-16-7-9-18-21(12-16)32-24(26(18)14-23(28)29-4-2)25-22(27)13-17-8-10-19-20(11-17)31-15-30-19/h7-12H,3-6,13-15H2,1-2H3. The highest BCUT2D eigenvalue weighted by atomic mass is 32.1. The molecule has 1 aliphatic heterocycles. The molecule has 7 nitrogen and oxygen atoms in total. The first-order valence-electron chi connectivity index (χ1n) is 10.8. The Kier molecular flexibility index (Phi) is 6.90. The lowest BCUT2D eigenvalue weighted by Gasteiger charge is -2.06. The number of ether oxygens (including phenoxy) is 3. The fraction of sp³-hybridized carbons (Fsp3) is 0.375. The average molecular weight is 455 g/mol. The van der Waals surface area contributed by atoms with Crippen LogP contribution in [0.2, 0.25) is 0 Å². The van der Waals surface area contributed by atoms with Crippen LogP contribution in [0.1, 0.15) is 37.8 Å². The van der Waals surface area contributed by atoms with Gasteiger partial charge in [0.2, 0.25) is 6.79 Å². The van der Waals surface area contributed by atoms with Gasteiger partial charge in [-0.25, -0.2) is 0 Å². The number of carbonyl (C=O) groups is 2. The highest BCUT2D eigenvalue weighted by molar-refractivity contribution is 7.16. The number of hydrogen-bond donors (Lipinski definition) is 0. The molecule has 32 heavy (non-hydrogen) atoms. The number of rotatable bonds is 8. The predicted molar refractivity (Wildman–Crippen MR) is 122 cm³/mol. The number of aromatic nitrogens is 1. The quantitative estimate of drug-likeness (QED) is 0.481. The van der Waals surface area contributed by atoms with Gasteiger partial charge < -0.3 is 18.8 Å². The van der Waals surface area contributed by atoms with Crippen molar-refractivity contribution >= 4 is 33.4 Å². The maximum absolute atomic E-state index is 12.8. The van der Waals surface area contributed by atoms with Crippen LogP contribution < -0.4 is 14.3 Å². The third kappa shape index (κ3) is 5.02. The van der Waals surface area contributed by atoms with E-state index in [1.165, 1.54) is 16.9 Å². The first kappa shape index (κ1) is 22.1. The monoisotopic (exact) mass is 454 g/mol. The van der Waals surface area contributed by atoms with Crippen LogP contribution in [0.25, 0.3) is 10.2 Å². The molecule has 4 rings (SSSR count). The van der Waals surface area contributed by atoms with Gasteiger partial charge in [-0.15, -0.1) is 0 Å². The summed E-state index contributed by atoms with van der Waals surface area (Å²) in [4.78, 5) is 29.8. The Hall–Kier alpha value is -3.13. The average Bonchev–Trinajstić information content (AvgIpc) is 3.36. The molecule has 0 aliphatic carbocycles. The Morgan fingerprint density at radius 2 is 1.91 bits per heavy atom. The second-order valence-electron chi connectivity index (χ2n) is 7.55. The molecular weight excluding hydrogens is 428 g/mol. The fourth-order valence-electron chi connectivity index (χ4n) is 3.60. The topological polar surface area (TPSA) is 79.1 Å². The number of carbonyl (C=O) groups excluding carboxylic acids is 2. The molecule has 1 aliphatic rings. The van der Waals surface area contributed by atoms with Crippen molar-refractivity contribution in [3.63, 3.8) is 0 Å². The summed E-state index contributed by atoms with van der Waals surface area (Å²) in [7, 11) is 0. The molecular formula is C24H26N2O5S. The minimum absolute atomic E-state index is 0.0122. The molecule has 0 bridgehead atoms. The van der Waals surface area contributed by atoms with Crippen molar-refractivity contribution in [2.24, 2.45) is 4.99 Å². The van der Waals surface area contributed by atoms with Gasteiger partial charge in [0.15, 0.2) is 16.3 Å². The van der Waals surface area contributed by atoms with E-state index >= 15 is 0 Å². The van der Waals surface area contributed by atoms with Gasteiger partial charge in [0, 0.05) is 0 Å². The molecule has 0 N–H and O–H groups in total. The van der Waals surface area contributed by atoms with Crippen LogP contribution in [0, 0.1) is 0 Å². The summed E-state index contributed by atoms with van der Waals surface area (Å²) in [6.07, 6.45) is 3.37. The van der Waals surface area contributed by atoms with Gasteiger partial charge >= 0.3 is 5.97 Å². The molecule has 0 spiro atoms. The summed E-state index contributed by atoms with van der Waals surface area (Å²) in [5.74, 6) is 0.661. The fourth-order valence-corrected chi connectivity index (χ4v) is 4.71. The van der Waals surface area contributed by atoms with Gasteiger partial charge in [0.1, 0.15) is 6.54 Å². The second-order valence-corrected chi connectivity index (χ2v) is 8.56. The molecule has 3 aromatic rings. The van der Waals surface area contributed by atoms with E-state index < -0.39 is 0 Å². The lowest BCUT2D eigenvalue weighted by molar-refractivity contribution is -0.143. The summed E-state index contributed by atoms with van der Waals surface area (Å²) < 4.78 is 18.6. The SMILES string of the molecule is CCCCc1ccc2c(c1)sc(=NC(=O)Cc1ccc3c(c1)OCO3)n2CC(=O)OCC.